The number of nitrogens with zero attached hydrogens (tertiary/aromatic N) is 1. The number of unbranched alkanes of at least 4 members (excludes halogenated alkanes) is 4. The maximum absolute atomic E-state index is 12.0. The van der Waals surface area contributed by atoms with Crippen LogP contribution in [0.5, 0.6) is 0 Å². The van der Waals surface area contributed by atoms with Gasteiger partial charge in [-0.25, -0.2) is 0 Å². The van der Waals surface area contributed by atoms with Crippen LogP contribution in [-0.4, -0.2) is 29.9 Å². The summed E-state index contributed by atoms with van der Waals surface area (Å²) in [5, 5.41) is 7.19. The van der Waals surface area contributed by atoms with Gasteiger partial charge < -0.3 is 16.9 Å². The molecule has 232 valence electrons. The molecule has 0 aliphatic carbocycles. The highest BCUT2D eigenvalue weighted by atomic mass is 16.2. The van der Waals surface area contributed by atoms with Crippen LogP contribution in [0.25, 0.3) is 0 Å². The molecule has 5 N–H and O–H groups in total. The van der Waals surface area contributed by atoms with E-state index in [1.165, 1.54) is 37.0 Å². The predicted molar refractivity (Wildman–Crippen MR) is 181 cm³/mol. The molecule has 0 fully saturated rings. The largest absolute Gasteiger partial charge is 0.398 e. The van der Waals surface area contributed by atoms with Crippen LogP contribution in [0.15, 0.2) is 53.9 Å². The molecule has 6 nitrogen and oxygen atoms in total. The number of rotatable bonds is 10. The number of hydrogen-bond acceptors (Lipinski definition) is 5. The van der Waals surface area contributed by atoms with Crippen molar-refractivity contribution in [3.8, 4) is 0 Å². The Bertz CT molecular complexity index is 851. The van der Waals surface area contributed by atoms with Gasteiger partial charge in [0.25, 0.3) is 5.91 Å². The normalized spacial score (nSPS) is 9.62. The van der Waals surface area contributed by atoms with Crippen molar-refractivity contribution in [2.24, 2.45) is 5.73 Å². The van der Waals surface area contributed by atoms with Gasteiger partial charge in [0, 0.05) is 24.0 Å². The molecule has 1 aromatic carbocycles. The molecule has 0 bridgehead atoms. The Balaban J connectivity index is -0.000000148. The van der Waals surface area contributed by atoms with Crippen molar-refractivity contribution < 1.29 is 9.59 Å². The first-order chi connectivity index (χ1) is 19.0. The lowest BCUT2D eigenvalue weighted by molar-refractivity contribution is -0.104. The number of nitrogens with two attached hydrogens (primary N) is 2. The molecular formula is C34H64N4O2. The summed E-state index contributed by atoms with van der Waals surface area (Å²) in [6.45, 7) is 27.4. The average molecular weight is 561 g/mol. The average Bonchev–Trinajstić information content (AvgIpc) is 2.98. The maximum atomic E-state index is 12.0. The van der Waals surface area contributed by atoms with Crippen LogP contribution in [0.4, 0.5) is 5.69 Å². The number of aryl methyl sites for hydroxylation is 1. The van der Waals surface area contributed by atoms with Crippen molar-refractivity contribution >= 4 is 23.6 Å². The topological polar surface area (TPSA) is 113 Å². The number of para-hydroxylation sites is 1. The Morgan fingerprint density at radius 2 is 1.45 bits per heavy atom. The zero-order valence-electron chi connectivity index (χ0n) is 28.3. The van der Waals surface area contributed by atoms with Crippen molar-refractivity contribution in [1.82, 2.24) is 4.90 Å². The van der Waals surface area contributed by atoms with E-state index in [1.807, 2.05) is 80.5 Å². The third kappa shape index (κ3) is 23.9. The predicted octanol–water partition coefficient (Wildman–Crippen LogP) is 9.51. The van der Waals surface area contributed by atoms with E-state index >= 15 is 0 Å². The monoisotopic (exact) mass is 561 g/mol. The van der Waals surface area contributed by atoms with Crippen LogP contribution in [0.1, 0.15) is 131 Å². The molecule has 0 spiro atoms. The van der Waals surface area contributed by atoms with Crippen molar-refractivity contribution in [3.63, 3.8) is 0 Å². The molecule has 1 aromatic rings. The Morgan fingerprint density at radius 3 is 1.77 bits per heavy atom. The van der Waals surface area contributed by atoms with Crippen LogP contribution in [-0.2, 0) is 11.2 Å². The van der Waals surface area contributed by atoms with E-state index in [2.05, 4.69) is 20.4 Å². The lowest BCUT2D eigenvalue weighted by Gasteiger charge is -2.18. The quantitative estimate of drug-likeness (QED) is 0.0660. The van der Waals surface area contributed by atoms with Crippen molar-refractivity contribution in [3.05, 3.63) is 65.0 Å². The number of aldehydes is 1. The number of nitrogen functional groups attached to an aromatic ring is 1. The SMILES string of the molecule is C/C=C(C)\C=C(\C=O)C(C)=N.C=C(N)N(C)C(=O)c1cccc(CC)c1N.CC.CC.CC.CCCCCCC. The number of nitrogens with one attached hydrogen (secondary N) is 1. The fourth-order valence-corrected chi connectivity index (χ4v) is 2.65. The molecule has 0 aliphatic heterocycles. The van der Waals surface area contributed by atoms with Crippen LogP contribution in [0.3, 0.4) is 0 Å². The Morgan fingerprint density at radius 1 is 0.975 bits per heavy atom. The second-order valence-electron chi connectivity index (χ2n) is 8.02. The third-order valence-corrected chi connectivity index (χ3v) is 5.15. The molecule has 0 saturated carbocycles. The van der Waals surface area contributed by atoms with Crippen LogP contribution in [0, 0.1) is 5.41 Å². The molecule has 0 atom stereocenters. The smallest absolute Gasteiger partial charge is 0.261 e. The van der Waals surface area contributed by atoms with Crippen molar-refractivity contribution in [2.75, 3.05) is 12.8 Å². The van der Waals surface area contributed by atoms with Gasteiger partial charge in [0.2, 0.25) is 0 Å². The Hall–Kier alpha value is -3.15. The van der Waals surface area contributed by atoms with Gasteiger partial charge in [0.05, 0.1) is 11.4 Å². The molecule has 0 aromatic heterocycles. The highest BCUT2D eigenvalue weighted by Gasteiger charge is 2.16. The minimum atomic E-state index is -0.236. The van der Waals surface area contributed by atoms with Gasteiger partial charge in [-0.2, -0.15) is 0 Å². The third-order valence-electron chi connectivity index (χ3n) is 5.15. The zero-order valence-corrected chi connectivity index (χ0v) is 28.3. The summed E-state index contributed by atoms with van der Waals surface area (Å²) in [6, 6.07) is 5.41. The van der Waals surface area contributed by atoms with E-state index in [1.54, 1.807) is 26.1 Å². The van der Waals surface area contributed by atoms with E-state index in [4.69, 9.17) is 16.9 Å². The Labute approximate surface area is 248 Å². The molecule has 40 heavy (non-hydrogen) atoms. The Kier molecular flexibility index (Phi) is 39.5. The van der Waals surface area contributed by atoms with Gasteiger partial charge in [-0.05, 0) is 44.9 Å². The highest BCUT2D eigenvalue weighted by molar-refractivity contribution is 6.12. The second kappa shape index (κ2) is 33.9. The lowest BCUT2D eigenvalue weighted by atomic mass is 10.0. The summed E-state index contributed by atoms with van der Waals surface area (Å²) in [7, 11) is 1.57. The fourth-order valence-electron chi connectivity index (χ4n) is 2.65. The summed E-state index contributed by atoms with van der Waals surface area (Å²) in [5.41, 5.74) is 15.1. The van der Waals surface area contributed by atoms with Crippen LogP contribution < -0.4 is 11.5 Å². The van der Waals surface area contributed by atoms with Crippen molar-refractivity contribution in [2.45, 2.75) is 122 Å². The number of allylic oxidation sites excluding steroid dienone is 4. The second-order valence-corrected chi connectivity index (χ2v) is 8.02. The summed E-state index contributed by atoms with van der Waals surface area (Å²) < 4.78 is 0. The molecule has 1 amide bonds. The van der Waals surface area contributed by atoms with Gasteiger partial charge in [0.1, 0.15) is 0 Å². The molecule has 0 unspecified atom stereocenters. The zero-order chi connectivity index (χ0) is 32.7. The summed E-state index contributed by atoms with van der Waals surface area (Å²) in [5.74, 6) is -0.0356. The molecule has 0 saturated heterocycles. The first-order valence-corrected chi connectivity index (χ1v) is 15.0. The number of amides is 1. The van der Waals surface area contributed by atoms with E-state index in [0.29, 0.717) is 28.8 Å². The number of benzene rings is 1. The molecule has 1 rings (SSSR count). The fraction of sp³-hybridized carbons (Fsp3) is 0.559. The highest BCUT2D eigenvalue weighted by Crippen LogP contribution is 2.19. The molecule has 0 heterocycles. The van der Waals surface area contributed by atoms with Crippen molar-refractivity contribution in [1.29, 1.82) is 5.41 Å². The minimum absolute atomic E-state index is 0.200. The van der Waals surface area contributed by atoms with Gasteiger partial charge in [0.15, 0.2) is 6.29 Å². The van der Waals surface area contributed by atoms with Crippen LogP contribution in [0.2, 0.25) is 0 Å². The number of hydrogen-bond donors (Lipinski definition) is 3. The van der Waals surface area contributed by atoms with Crippen LogP contribution >= 0.6 is 0 Å². The maximum Gasteiger partial charge on any atom is 0.261 e. The van der Waals surface area contributed by atoms with E-state index < -0.39 is 0 Å². The molecule has 6 heteroatoms. The van der Waals surface area contributed by atoms with Gasteiger partial charge in [-0.15, -0.1) is 0 Å². The van der Waals surface area contributed by atoms with Gasteiger partial charge >= 0.3 is 0 Å². The number of anilines is 1. The summed E-state index contributed by atoms with van der Waals surface area (Å²) in [6.07, 6.45) is 12.1. The standard InChI is InChI=1S/C12H17N3O.C9H13NO.C7H16.3C2H6/c1-4-9-6-5-7-10(11(9)14)12(16)15(3)8(2)13;1-4-7(2)5-9(6-11)8(3)10;1-3-5-7-6-4-2;3*1-2/h5-7H,2,4,13-14H2,1,3H3;4-6,10H,1-3H3;3-7H2,1-2H3;3*1-2H3/b;7-4-,9-5-,10-8?;;;;. The summed E-state index contributed by atoms with van der Waals surface area (Å²) in [4.78, 5) is 23.6. The lowest BCUT2D eigenvalue weighted by Crippen LogP contribution is -2.30. The number of carbonyl (C=O) groups is 2. The van der Waals surface area contributed by atoms with Gasteiger partial charge in [-0.1, -0.05) is 125 Å². The summed E-state index contributed by atoms with van der Waals surface area (Å²) >= 11 is 0. The number of carbonyl (C=O) groups excluding carboxylic acids is 2. The molecular weight excluding hydrogens is 496 g/mol. The molecule has 0 aliphatic rings. The minimum Gasteiger partial charge on any atom is -0.398 e. The first kappa shape index (κ1) is 46.7. The molecule has 0 radical (unpaired) electrons. The van der Waals surface area contributed by atoms with E-state index in [0.717, 1.165) is 17.6 Å². The van der Waals surface area contributed by atoms with Gasteiger partial charge in [-0.3, -0.25) is 14.5 Å². The van der Waals surface area contributed by atoms with E-state index in [-0.39, 0.29) is 11.7 Å². The van der Waals surface area contributed by atoms with E-state index in [9.17, 15) is 9.59 Å². The first-order valence-electron chi connectivity index (χ1n) is 15.0.